The van der Waals surface area contributed by atoms with Gasteiger partial charge in [0.05, 0.1) is 12.8 Å². The lowest BCUT2D eigenvalue weighted by molar-refractivity contribution is 0.415. The van der Waals surface area contributed by atoms with Gasteiger partial charge >= 0.3 is 0 Å². The minimum absolute atomic E-state index is 0.395. The third-order valence-corrected chi connectivity index (χ3v) is 4.56. The molecule has 20 heavy (non-hydrogen) atoms. The molecule has 0 bridgehead atoms. The first-order valence-corrected chi connectivity index (χ1v) is 7.70. The molecule has 2 aromatic rings. The van der Waals surface area contributed by atoms with Gasteiger partial charge in [-0.1, -0.05) is 17.7 Å². The lowest BCUT2D eigenvalue weighted by Crippen LogP contribution is -2.19. The topological polar surface area (TPSA) is 21.3 Å². The second-order valence-corrected chi connectivity index (χ2v) is 6.30. The predicted molar refractivity (Wildman–Crippen MR) is 87.0 cm³/mol. The van der Waals surface area contributed by atoms with E-state index in [1.165, 1.54) is 11.1 Å². The summed E-state index contributed by atoms with van der Waals surface area (Å²) in [6.45, 7) is 0. The zero-order chi connectivity index (χ0) is 14.1. The second kappa shape index (κ2) is 5.66. The monoisotopic (exact) mass is 351 g/mol. The smallest absolute Gasteiger partial charge is 0.121 e. The highest BCUT2D eigenvalue weighted by atomic mass is 79.9. The van der Waals surface area contributed by atoms with Gasteiger partial charge in [-0.15, -0.1) is 0 Å². The highest BCUT2D eigenvalue weighted by Crippen LogP contribution is 2.31. The number of methoxy groups -OCH3 is 1. The molecule has 0 aliphatic heterocycles. The Morgan fingerprint density at radius 1 is 1.15 bits per heavy atom. The first-order chi connectivity index (χ1) is 9.65. The van der Waals surface area contributed by atoms with Crippen molar-refractivity contribution < 1.29 is 4.74 Å². The lowest BCUT2D eigenvalue weighted by atomic mass is 10.1. The fraction of sp³-hybridized carbons (Fsp3) is 0.250. The Bertz CT molecular complexity index is 644. The number of rotatable bonds is 3. The Kier molecular flexibility index (Phi) is 3.90. The van der Waals surface area contributed by atoms with Gasteiger partial charge in [-0.25, -0.2) is 0 Å². The van der Waals surface area contributed by atoms with Crippen LogP contribution in [0.2, 0.25) is 5.02 Å². The number of anilines is 1. The van der Waals surface area contributed by atoms with Gasteiger partial charge in [-0.3, -0.25) is 0 Å². The molecule has 1 atom stereocenters. The summed E-state index contributed by atoms with van der Waals surface area (Å²) in [5.41, 5.74) is 3.79. The van der Waals surface area contributed by atoms with E-state index in [0.29, 0.717) is 6.04 Å². The Morgan fingerprint density at radius 2 is 1.95 bits per heavy atom. The molecule has 1 unspecified atom stereocenters. The van der Waals surface area contributed by atoms with Crippen molar-refractivity contribution >= 4 is 33.2 Å². The van der Waals surface area contributed by atoms with Crippen molar-refractivity contribution in [3.05, 3.63) is 57.0 Å². The number of fused-ring (bicyclic) bond motifs is 1. The largest absolute Gasteiger partial charge is 0.497 e. The number of ether oxygens (including phenoxy) is 1. The van der Waals surface area contributed by atoms with Crippen molar-refractivity contribution in [3.8, 4) is 5.75 Å². The van der Waals surface area contributed by atoms with Gasteiger partial charge in [0.1, 0.15) is 5.75 Å². The molecular weight excluding hydrogens is 338 g/mol. The van der Waals surface area contributed by atoms with E-state index in [0.717, 1.165) is 33.8 Å². The molecule has 2 nitrogen and oxygen atoms in total. The third-order valence-electron chi connectivity index (χ3n) is 3.63. The maximum Gasteiger partial charge on any atom is 0.121 e. The summed E-state index contributed by atoms with van der Waals surface area (Å²) in [5.74, 6) is 0.856. The molecule has 0 spiro atoms. The van der Waals surface area contributed by atoms with Crippen LogP contribution in [0.15, 0.2) is 40.9 Å². The third kappa shape index (κ3) is 2.79. The van der Waals surface area contributed by atoms with Crippen LogP contribution in [-0.2, 0) is 12.8 Å². The average molecular weight is 353 g/mol. The van der Waals surface area contributed by atoms with E-state index >= 15 is 0 Å². The summed E-state index contributed by atoms with van der Waals surface area (Å²) in [5, 5.41) is 4.39. The van der Waals surface area contributed by atoms with Crippen LogP contribution in [0, 0.1) is 0 Å². The minimum atomic E-state index is 0.395. The maximum absolute atomic E-state index is 6.05. The number of hydrogen-bond donors (Lipinski definition) is 1. The van der Waals surface area contributed by atoms with Crippen molar-refractivity contribution in [2.24, 2.45) is 0 Å². The zero-order valence-electron chi connectivity index (χ0n) is 11.1. The van der Waals surface area contributed by atoms with Gasteiger partial charge < -0.3 is 10.1 Å². The predicted octanol–water partition coefficient (Wildman–Crippen LogP) is 4.69. The van der Waals surface area contributed by atoms with Gasteiger partial charge in [-0.05, 0) is 64.2 Å². The van der Waals surface area contributed by atoms with Crippen LogP contribution in [0.3, 0.4) is 0 Å². The summed E-state index contributed by atoms with van der Waals surface area (Å²) in [6.07, 6.45) is 2.02. The molecule has 0 aromatic heterocycles. The molecular formula is C16H15BrClNO. The standard InChI is InChI=1S/C16H15BrClNO/c1-20-14-4-5-15(17)16(9-14)19-13-7-10-2-3-12(18)6-11(10)8-13/h2-6,9,13,19H,7-8H2,1H3. The second-order valence-electron chi connectivity index (χ2n) is 5.01. The van der Waals surface area contributed by atoms with Crippen LogP contribution in [0.5, 0.6) is 5.75 Å². The van der Waals surface area contributed by atoms with Gasteiger partial charge in [0.25, 0.3) is 0 Å². The van der Waals surface area contributed by atoms with Crippen LogP contribution in [0.1, 0.15) is 11.1 Å². The first kappa shape index (κ1) is 13.8. The van der Waals surface area contributed by atoms with E-state index in [9.17, 15) is 0 Å². The molecule has 0 amide bonds. The molecule has 0 saturated heterocycles. The average Bonchev–Trinajstić information content (AvgIpc) is 2.82. The van der Waals surface area contributed by atoms with E-state index in [-0.39, 0.29) is 0 Å². The molecule has 0 saturated carbocycles. The lowest BCUT2D eigenvalue weighted by Gasteiger charge is -2.16. The van der Waals surface area contributed by atoms with Crippen molar-refractivity contribution in [1.82, 2.24) is 0 Å². The molecule has 1 aliphatic carbocycles. The summed E-state index contributed by atoms with van der Waals surface area (Å²) < 4.78 is 6.32. The van der Waals surface area contributed by atoms with Crippen molar-refractivity contribution in [1.29, 1.82) is 0 Å². The highest BCUT2D eigenvalue weighted by Gasteiger charge is 2.22. The molecule has 1 aliphatic rings. The quantitative estimate of drug-likeness (QED) is 0.865. The number of hydrogen-bond acceptors (Lipinski definition) is 2. The SMILES string of the molecule is COc1ccc(Br)c(NC2Cc3ccc(Cl)cc3C2)c1. The van der Waals surface area contributed by atoms with Gasteiger partial charge in [0.2, 0.25) is 0 Å². The molecule has 2 aromatic carbocycles. The molecule has 0 radical (unpaired) electrons. The molecule has 1 N–H and O–H groups in total. The van der Waals surface area contributed by atoms with Crippen molar-refractivity contribution in [2.45, 2.75) is 18.9 Å². The van der Waals surface area contributed by atoms with Crippen LogP contribution in [0.4, 0.5) is 5.69 Å². The summed E-state index contributed by atoms with van der Waals surface area (Å²) in [4.78, 5) is 0. The number of halogens is 2. The minimum Gasteiger partial charge on any atom is -0.497 e. The normalized spacial score (nSPS) is 16.9. The zero-order valence-corrected chi connectivity index (χ0v) is 13.5. The molecule has 3 rings (SSSR count). The van der Waals surface area contributed by atoms with Crippen molar-refractivity contribution in [2.75, 3.05) is 12.4 Å². The molecule has 104 valence electrons. The van der Waals surface area contributed by atoms with Crippen molar-refractivity contribution in [3.63, 3.8) is 0 Å². The van der Waals surface area contributed by atoms with Crippen LogP contribution < -0.4 is 10.1 Å². The van der Waals surface area contributed by atoms with E-state index in [4.69, 9.17) is 16.3 Å². The van der Waals surface area contributed by atoms with Gasteiger partial charge in [0, 0.05) is 21.6 Å². The first-order valence-electron chi connectivity index (χ1n) is 6.53. The Hall–Kier alpha value is -1.19. The molecule has 0 heterocycles. The fourth-order valence-electron chi connectivity index (χ4n) is 2.65. The van der Waals surface area contributed by atoms with E-state index in [2.05, 4.69) is 33.4 Å². The highest BCUT2D eigenvalue weighted by molar-refractivity contribution is 9.10. The van der Waals surface area contributed by atoms with E-state index in [1.807, 2.05) is 24.3 Å². The Balaban J connectivity index is 1.77. The van der Waals surface area contributed by atoms with Gasteiger partial charge in [0.15, 0.2) is 0 Å². The maximum atomic E-state index is 6.05. The van der Waals surface area contributed by atoms with Crippen LogP contribution in [-0.4, -0.2) is 13.2 Å². The summed E-state index contributed by atoms with van der Waals surface area (Å²) in [7, 11) is 1.68. The van der Waals surface area contributed by atoms with E-state index in [1.54, 1.807) is 7.11 Å². The fourth-order valence-corrected chi connectivity index (χ4v) is 3.21. The van der Waals surface area contributed by atoms with Gasteiger partial charge in [-0.2, -0.15) is 0 Å². The van der Waals surface area contributed by atoms with E-state index < -0.39 is 0 Å². The Labute approximate surface area is 132 Å². The summed E-state index contributed by atoms with van der Waals surface area (Å²) in [6, 6.07) is 12.5. The number of benzene rings is 2. The number of nitrogens with one attached hydrogen (secondary N) is 1. The summed E-state index contributed by atoms with van der Waals surface area (Å²) >= 11 is 9.63. The Morgan fingerprint density at radius 3 is 2.75 bits per heavy atom. The molecule has 4 heteroatoms. The van der Waals surface area contributed by atoms with Crippen LogP contribution >= 0.6 is 27.5 Å². The van der Waals surface area contributed by atoms with Crippen LogP contribution in [0.25, 0.3) is 0 Å². The molecule has 0 fully saturated rings.